The minimum atomic E-state index is -1.28. The first-order valence-corrected chi connectivity index (χ1v) is 28.4. The lowest BCUT2D eigenvalue weighted by atomic mass is 9.87. The molecule has 0 aliphatic carbocycles. The van der Waals surface area contributed by atoms with Crippen molar-refractivity contribution in [3.05, 3.63) is 139 Å². The molecule has 10 N–H and O–H groups in total. The molecule has 0 saturated heterocycles. The average molecular weight is 1170 g/mol. The molecule has 0 radical (unpaired) electrons. The molecular weight excluding hydrogens is 1080 g/mol. The van der Waals surface area contributed by atoms with Gasteiger partial charge in [-0.2, -0.15) is 0 Å². The fourth-order valence-electron chi connectivity index (χ4n) is 9.62. The average Bonchev–Trinajstić information content (AvgIpc) is 1.86. The van der Waals surface area contributed by atoms with E-state index >= 15 is 0 Å². The summed E-state index contributed by atoms with van der Waals surface area (Å²) in [6.45, 7) is 28.8. The van der Waals surface area contributed by atoms with Gasteiger partial charge in [-0.05, 0) is 198 Å². The second kappa shape index (κ2) is 30.4. The van der Waals surface area contributed by atoms with Gasteiger partial charge in [-0.1, -0.05) is 60.7 Å². The number of aliphatic hydroxyl groups is 2. The van der Waals surface area contributed by atoms with Crippen molar-refractivity contribution < 1.29 is 84.3 Å². The molecule has 462 valence electrons. The van der Waals surface area contributed by atoms with E-state index in [-0.39, 0.29) is 41.4 Å². The molecule has 7 atom stereocenters. The summed E-state index contributed by atoms with van der Waals surface area (Å²) in [5.74, 6) is -0.631. The summed E-state index contributed by atoms with van der Waals surface area (Å²) in [7, 11) is 3.81. The Morgan fingerprint density at radius 3 is 1.14 bits per heavy atom. The number of aromatic hydroxyl groups is 3. The lowest BCUT2D eigenvalue weighted by molar-refractivity contribution is -0.669. The normalized spacial score (nSPS) is 19.3. The molecule has 0 amide bonds. The molecule has 8 rings (SSSR count). The van der Waals surface area contributed by atoms with Crippen LogP contribution in [-0.2, 0) is 43.2 Å². The van der Waals surface area contributed by atoms with Crippen LogP contribution < -0.4 is 30.0 Å². The number of carbonyl (C=O) groups is 4. The van der Waals surface area contributed by atoms with Crippen molar-refractivity contribution in [3.8, 4) is 34.5 Å². The monoisotopic (exact) mass is 1170 g/mol. The Bertz CT molecular complexity index is 2810. The maximum atomic E-state index is 11.3. The molecule has 0 bridgehead atoms. The quantitative estimate of drug-likeness (QED) is 0.0594. The Balaban J connectivity index is 0.000000271. The second-order valence-corrected chi connectivity index (χ2v) is 22.4. The molecule has 3 heterocycles. The molecule has 0 saturated carbocycles. The van der Waals surface area contributed by atoms with Crippen LogP contribution in [0.3, 0.4) is 0 Å². The minimum absolute atomic E-state index is 0.0902. The maximum absolute atomic E-state index is 11.3. The van der Waals surface area contributed by atoms with E-state index in [1.54, 1.807) is 27.7 Å². The first-order valence-electron chi connectivity index (χ1n) is 28.4. The summed E-state index contributed by atoms with van der Waals surface area (Å²) < 4.78 is 21.5. The van der Waals surface area contributed by atoms with E-state index in [0.717, 1.165) is 77.9 Å². The van der Waals surface area contributed by atoms with Crippen LogP contribution in [0.15, 0.2) is 60.7 Å². The standard InChI is InChI=1S/3C14H18O4.2C10H15NO.C4H8O2/c3*1-7-8(2)12-10(9(3)11(7)15)5-6-14(4,18-12)13(16)17;2*1-8(11-2)10(12)9-6-4-3-5-7-9;1-3-6-4(2)5/h3*15H,5-6H2,1-4H3,(H,16,17);2*3-8,10-12H,1-2H3;3H2,1-2H3/t2*14-;;2*8-,10+;/m10.00./s1. The highest BCUT2D eigenvalue weighted by Gasteiger charge is 2.42. The summed E-state index contributed by atoms with van der Waals surface area (Å²) in [4.78, 5) is 43.5. The van der Waals surface area contributed by atoms with Gasteiger partial charge in [0, 0.05) is 42.5 Å². The highest BCUT2D eigenvalue weighted by atomic mass is 16.5. The number of esters is 1. The summed E-state index contributed by atoms with van der Waals surface area (Å²) in [5, 5.41) is 84.1. The Morgan fingerprint density at radius 1 is 0.571 bits per heavy atom. The number of rotatable bonds is 10. The number of aliphatic carboxylic acids is 3. The molecule has 0 fully saturated rings. The lowest BCUT2D eigenvalue weighted by Gasteiger charge is -2.38. The van der Waals surface area contributed by atoms with Gasteiger partial charge in [-0.15, -0.1) is 0 Å². The summed E-state index contributed by atoms with van der Waals surface area (Å²) in [6.07, 6.45) is 2.19. The molecule has 1 unspecified atom stereocenters. The van der Waals surface area contributed by atoms with Crippen LogP contribution >= 0.6 is 0 Å². The molecule has 84 heavy (non-hydrogen) atoms. The van der Waals surface area contributed by atoms with Crippen molar-refractivity contribution in [2.75, 3.05) is 20.7 Å². The number of nitrogens with two attached hydrogens (primary N) is 1. The van der Waals surface area contributed by atoms with Crippen LogP contribution in [0.4, 0.5) is 0 Å². The summed E-state index contributed by atoms with van der Waals surface area (Å²) in [5.41, 5.74) is 8.08. The maximum Gasteiger partial charge on any atom is 0.347 e. The molecule has 3 aliphatic rings. The van der Waals surface area contributed by atoms with E-state index in [4.69, 9.17) is 14.2 Å². The third-order valence-corrected chi connectivity index (χ3v) is 16.5. The van der Waals surface area contributed by atoms with Crippen LogP contribution in [0, 0.1) is 62.3 Å². The minimum Gasteiger partial charge on any atom is -0.546 e. The zero-order chi connectivity index (χ0) is 63.9. The fraction of sp³-hybridized carbons (Fsp3) is 0.485. The van der Waals surface area contributed by atoms with Gasteiger partial charge in [0.1, 0.15) is 52.2 Å². The van der Waals surface area contributed by atoms with Crippen molar-refractivity contribution in [2.24, 2.45) is 0 Å². The molecule has 5 aromatic rings. The van der Waals surface area contributed by atoms with Crippen molar-refractivity contribution in [1.82, 2.24) is 5.32 Å². The third kappa shape index (κ3) is 16.9. The smallest absolute Gasteiger partial charge is 0.347 e. The van der Waals surface area contributed by atoms with Crippen molar-refractivity contribution >= 4 is 23.9 Å². The highest BCUT2D eigenvalue weighted by molar-refractivity contribution is 5.79. The van der Waals surface area contributed by atoms with Gasteiger partial charge in [-0.25, -0.2) is 9.59 Å². The van der Waals surface area contributed by atoms with Crippen molar-refractivity contribution in [1.29, 1.82) is 0 Å². The summed E-state index contributed by atoms with van der Waals surface area (Å²) >= 11 is 0. The second-order valence-electron chi connectivity index (χ2n) is 22.4. The number of benzene rings is 5. The Hall–Kier alpha value is -7.38. The number of hydrogen-bond donors (Lipinski definition) is 9. The zero-order valence-corrected chi connectivity index (χ0v) is 52.4. The number of carboxylic acids is 3. The predicted octanol–water partition coefficient (Wildman–Crippen LogP) is 8.32. The molecule has 18 heteroatoms. The molecule has 0 spiro atoms. The largest absolute Gasteiger partial charge is 0.546 e. The van der Waals surface area contributed by atoms with Gasteiger partial charge in [0.2, 0.25) is 11.2 Å². The number of nitrogens with one attached hydrogen (secondary N) is 1. The van der Waals surface area contributed by atoms with Crippen LogP contribution in [0.1, 0.15) is 158 Å². The van der Waals surface area contributed by atoms with E-state index in [1.807, 2.05) is 149 Å². The van der Waals surface area contributed by atoms with E-state index < -0.39 is 40.8 Å². The van der Waals surface area contributed by atoms with Gasteiger partial charge in [0.05, 0.1) is 25.7 Å². The Kier molecular flexibility index (Phi) is 25.7. The number of ether oxygens (including phenoxy) is 4. The van der Waals surface area contributed by atoms with Crippen molar-refractivity contribution in [2.45, 2.75) is 190 Å². The van der Waals surface area contributed by atoms with E-state index in [9.17, 15) is 60.0 Å². The fourth-order valence-corrected chi connectivity index (χ4v) is 9.62. The number of hydrogen-bond acceptors (Lipinski definition) is 15. The number of aliphatic hydroxyl groups excluding tert-OH is 2. The summed E-state index contributed by atoms with van der Waals surface area (Å²) in [6, 6.07) is 19.7. The van der Waals surface area contributed by atoms with Gasteiger partial charge < -0.3 is 75.2 Å². The first-order chi connectivity index (χ1) is 39.1. The van der Waals surface area contributed by atoms with Gasteiger partial charge in [0.25, 0.3) is 0 Å². The molecule has 3 aliphatic heterocycles. The Morgan fingerprint density at radius 2 is 0.881 bits per heavy atom. The molecular formula is C66H92N2O16. The number of likely N-dealkylation sites (N-methyl/N-ethyl adjacent to an activating group) is 2. The van der Waals surface area contributed by atoms with E-state index in [0.29, 0.717) is 62.4 Å². The Labute approximate surface area is 495 Å². The van der Waals surface area contributed by atoms with Gasteiger partial charge >= 0.3 is 17.9 Å². The number of carbonyl (C=O) groups excluding carboxylic acids is 2. The highest BCUT2D eigenvalue weighted by Crippen LogP contribution is 2.46. The number of phenols is 3. The van der Waals surface area contributed by atoms with Gasteiger partial charge in [0.15, 0.2) is 0 Å². The molecule has 5 aromatic carbocycles. The third-order valence-electron chi connectivity index (χ3n) is 16.5. The van der Waals surface area contributed by atoms with Crippen LogP contribution in [0.2, 0.25) is 0 Å². The SMILES string of the molecule is CCOC(C)=O.CN[C@@H](C)[C@@H](O)c1ccccc1.C[NH2+][C@@H](C)[C@@H](O)c1ccccc1.Cc1c(C)c2c(c(C)c1O)CCC(C)(C(=O)O)O2.Cc1c(C)c2c(c(C)c1O)CC[C@@](C)(C(=O)O)O2.Cc1c(C)c2c(c(C)c1O)CC[C@](C)(C(=O)[O-])O2. The van der Waals surface area contributed by atoms with Gasteiger partial charge in [-0.3, -0.25) is 4.79 Å². The number of phenolic OH excluding ortho intramolecular Hbond substituents is 3. The molecule has 0 aromatic heterocycles. The lowest BCUT2D eigenvalue weighted by Crippen LogP contribution is -2.86. The molecule has 18 nitrogen and oxygen atoms in total. The van der Waals surface area contributed by atoms with Crippen LogP contribution in [0.5, 0.6) is 34.5 Å². The predicted molar refractivity (Wildman–Crippen MR) is 320 cm³/mol. The van der Waals surface area contributed by atoms with Crippen LogP contribution in [-0.4, -0.2) is 109 Å². The first kappa shape index (κ1) is 70.9. The van der Waals surface area contributed by atoms with Crippen LogP contribution in [0.25, 0.3) is 0 Å². The van der Waals surface area contributed by atoms with E-state index in [2.05, 4.69) is 10.1 Å². The topological polar surface area (TPSA) is 299 Å². The number of carboxylic acid groups (broad SMARTS) is 3. The number of fused-ring (bicyclic) bond motifs is 3. The van der Waals surface area contributed by atoms with Crippen molar-refractivity contribution in [3.63, 3.8) is 0 Å². The van der Waals surface area contributed by atoms with E-state index in [1.165, 1.54) is 13.8 Å². The number of quaternary nitrogens is 1. The zero-order valence-electron chi connectivity index (χ0n) is 52.4.